The molecule has 19 heavy (non-hydrogen) atoms. The molecule has 0 atom stereocenters. The first-order valence-corrected chi connectivity index (χ1v) is 7.40. The summed E-state index contributed by atoms with van der Waals surface area (Å²) in [6.07, 6.45) is 8.10. The largest absolute Gasteiger partial charge is 0.398 e. The van der Waals surface area contributed by atoms with Gasteiger partial charge in [-0.2, -0.15) is 0 Å². The van der Waals surface area contributed by atoms with Crippen molar-refractivity contribution in [3.8, 4) is 0 Å². The summed E-state index contributed by atoms with van der Waals surface area (Å²) in [4.78, 5) is 12.2. The van der Waals surface area contributed by atoms with Gasteiger partial charge in [-0.05, 0) is 31.0 Å². The predicted molar refractivity (Wildman–Crippen MR) is 80.3 cm³/mol. The number of amides is 1. The Morgan fingerprint density at radius 2 is 1.79 bits per heavy atom. The molecule has 1 aromatic carbocycles. The molecule has 3 nitrogen and oxygen atoms in total. The maximum atomic E-state index is 12.2. The van der Waals surface area contributed by atoms with Gasteiger partial charge in [-0.1, -0.05) is 43.7 Å². The third-order valence-corrected chi connectivity index (χ3v) is 4.07. The fourth-order valence-corrected chi connectivity index (χ4v) is 2.75. The van der Waals surface area contributed by atoms with E-state index in [2.05, 4.69) is 5.32 Å². The number of carbonyl (C=O) groups is 1. The molecular formula is C15H21ClN2O. The molecule has 4 heteroatoms. The second kappa shape index (κ2) is 6.80. The Balaban J connectivity index is 1.96. The van der Waals surface area contributed by atoms with Crippen LogP contribution in [0, 0.1) is 5.92 Å². The summed E-state index contributed by atoms with van der Waals surface area (Å²) >= 11 is 5.95. The lowest BCUT2D eigenvalue weighted by atomic mass is 9.90. The Bertz CT molecular complexity index is 440. The molecular weight excluding hydrogens is 260 g/mol. The molecule has 2 rings (SSSR count). The molecule has 3 N–H and O–H groups in total. The molecule has 0 spiro atoms. The van der Waals surface area contributed by atoms with Crippen molar-refractivity contribution in [3.63, 3.8) is 0 Å². The van der Waals surface area contributed by atoms with Gasteiger partial charge in [-0.25, -0.2) is 0 Å². The Kier molecular flexibility index (Phi) is 5.08. The molecule has 1 aromatic rings. The molecule has 0 bridgehead atoms. The Morgan fingerprint density at radius 1 is 1.16 bits per heavy atom. The number of anilines is 2. The summed E-state index contributed by atoms with van der Waals surface area (Å²) < 4.78 is 0. The normalized spacial score (nSPS) is 17.5. The highest BCUT2D eigenvalue weighted by Crippen LogP contribution is 2.26. The number of nitrogens with two attached hydrogens (primary N) is 1. The summed E-state index contributed by atoms with van der Waals surface area (Å²) in [5.74, 6) is 0.249. The van der Waals surface area contributed by atoms with Gasteiger partial charge in [0.25, 0.3) is 0 Å². The highest BCUT2D eigenvalue weighted by Gasteiger charge is 2.19. The molecule has 0 aliphatic heterocycles. The standard InChI is InChI=1S/C15H21ClN2O/c16-13-10-12(8-9-14(13)17)18-15(19)11-6-4-2-1-3-5-7-11/h8-11H,1-7,17H2,(H,18,19). The molecule has 104 valence electrons. The topological polar surface area (TPSA) is 55.1 Å². The predicted octanol–water partition coefficient (Wildman–Crippen LogP) is 4.22. The maximum absolute atomic E-state index is 12.2. The minimum atomic E-state index is 0.114. The van der Waals surface area contributed by atoms with Crippen molar-refractivity contribution in [2.75, 3.05) is 11.1 Å². The molecule has 1 amide bonds. The fourth-order valence-electron chi connectivity index (χ4n) is 2.57. The number of carbonyl (C=O) groups excluding carboxylic acids is 1. The third-order valence-electron chi connectivity index (χ3n) is 3.74. The van der Waals surface area contributed by atoms with Gasteiger partial charge in [0.1, 0.15) is 0 Å². The van der Waals surface area contributed by atoms with E-state index in [9.17, 15) is 4.79 Å². The van der Waals surface area contributed by atoms with Crippen molar-refractivity contribution >= 4 is 28.9 Å². The van der Waals surface area contributed by atoms with Crippen LogP contribution in [0.15, 0.2) is 18.2 Å². The number of benzene rings is 1. The van der Waals surface area contributed by atoms with E-state index >= 15 is 0 Å². The first kappa shape index (κ1) is 14.2. The van der Waals surface area contributed by atoms with Crippen LogP contribution < -0.4 is 11.1 Å². The summed E-state index contributed by atoms with van der Waals surface area (Å²) in [7, 11) is 0. The first-order chi connectivity index (χ1) is 9.16. The zero-order valence-electron chi connectivity index (χ0n) is 11.1. The van der Waals surface area contributed by atoms with Gasteiger partial charge in [0.05, 0.1) is 10.7 Å². The lowest BCUT2D eigenvalue weighted by Gasteiger charge is -2.19. The number of rotatable bonds is 2. The Labute approximate surface area is 119 Å². The monoisotopic (exact) mass is 280 g/mol. The van der Waals surface area contributed by atoms with Crippen LogP contribution in [-0.2, 0) is 4.79 Å². The summed E-state index contributed by atoms with van der Waals surface area (Å²) in [6, 6.07) is 5.22. The van der Waals surface area contributed by atoms with E-state index in [1.807, 2.05) is 0 Å². The van der Waals surface area contributed by atoms with Crippen molar-refractivity contribution in [1.82, 2.24) is 0 Å². The van der Waals surface area contributed by atoms with Crippen LogP contribution in [0.5, 0.6) is 0 Å². The van der Waals surface area contributed by atoms with Gasteiger partial charge in [-0.15, -0.1) is 0 Å². The van der Waals surface area contributed by atoms with Crippen molar-refractivity contribution < 1.29 is 4.79 Å². The average molecular weight is 281 g/mol. The van der Waals surface area contributed by atoms with E-state index in [0.717, 1.165) is 31.4 Å². The number of hydrogen-bond acceptors (Lipinski definition) is 2. The molecule has 0 heterocycles. The van der Waals surface area contributed by atoms with Crippen LogP contribution in [0.1, 0.15) is 44.9 Å². The van der Waals surface area contributed by atoms with E-state index in [1.54, 1.807) is 18.2 Å². The molecule has 0 radical (unpaired) electrons. The first-order valence-electron chi connectivity index (χ1n) is 7.02. The van der Waals surface area contributed by atoms with E-state index < -0.39 is 0 Å². The van der Waals surface area contributed by atoms with Crippen LogP contribution in [0.4, 0.5) is 11.4 Å². The van der Waals surface area contributed by atoms with Gasteiger partial charge in [0.2, 0.25) is 5.91 Å². The van der Waals surface area contributed by atoms with Gasteiger partial charge in [-0.3, -0.25) is 4.79 Å². The van der Waals surface area contributed by atoms with Crippen LogP contribution in [0.25, 0.3) is 0 Å². The van der Waals surface area contributed by atoms with Crippen molar-refractivity contribution in [1.29, 1.82) is 0 Å². The highest BCUT2D eigenvalue weighted by molar-refractivity contribution is 6.33. The number of nitrogen functional groups attached to an aromatic ring is 1. The van der Waals surface area contributed by atoms with Crippen LogP contribution >= 0.6 is 11.6 Å². The zero-order chi connectivity index (χ0) is 13.7. The van der Waals surface area contributed by atoms with E-state index in [-0.39, 0.29) is 11.8 Å². The van der Waals surface area contributed by atoms with Crippen molar-refractivity contribution in [2.45, 2.75) is 44.9 Å². The molecule has 1 aliphatic carbocycles. The maximum Gasteiger partial charge on any atom is 0.227 e. The summed E-state index contributed by atoms with van der Waals surface area (Å²) in [5, 5.41) is 3.43. The van der Waals surface area contributed by atoms with Gasteiger partial charge in [0, 0.05) is 11.6 Å². The molecule has 1 saturated carbocycles. The van der Waals surface area contributed by atoms with Gasteiger partial charge < -0.3 is 11.1 Å². The van der Waals surface area contributed by atoms with Crippen molar-refractivity contribution in [3.05, 3.63) is 23.2 Å². The zero-order valence-corrected chi connectivity index (χ0v) is 11.9. The number of nitrogens with one attached hydrogen (secondary N) is 1. The van der Waals surface area contributed by atoms with E-state index in [4.69, 9.17) is 17.3 Å². The molecule has 1 fully saturated rings. The molecule has 0 saturated heterocycles. The molecule has 1 aliphatic rings. The minimum absolute atomic E-state index is 0.114. The summed E-state index contributed by atoms with van der Waals surface area (Å²) in [6.45, 7) is 0. The van der Waals surface area contributed by atoms with E-state index in [1.165, 1.54) is 19.3 Å². The smallest absolute Gasteiger partial charge is 0.227 e. The molecule has 0 aromatic heterocycles. The van der Waals surface area contributed by atoms with Crippen LogP contribution in [-0.4, -0.2) is 5.91 Å². The van der Waals surface area contributed by atoms with Crippen LogP contribution in [0.3, 0.4) is 0 Å². The Hall–Kier alpha value is -1.22. The lowest BCUT2D eigenvalue weighted by molar-refractivity contribution is -0.120. The van der Waals surface area contributed by atoms with Gasteiger partial charge >= 0.3 is 0 Å². The SMILES string of the molecule is Nc1ccc(NC(=O)C2CCCCCCC2)cc1Cl. The van der Waals surface area contributed by atoms with E-state index in [0.29, 0.717) is 10.7 Å². The second-order valence-electron chi connectivity index (χ2n) is 5.27. The molecule has 0 unspecified atom stereocenters. The Morgan fingerprint density at radius 3 is 2.42 bits per heavy atom. The average Bonchev–Trinajstić information content (AvgIpc) is 2.33. The third kappa shape index (κ3) is 4.13. The number of halogens is 1. The minimum Gasteiger partial charge on any atom is -0.398 e. The quantitative estimate of drug-likeness (QED) is 0.797. The summed E-state index contributed by atoms with van der Waals surface area (Å²) in [5.41, 5.74) is 6.92. The number of hydrogen-bond donors (Lipinski definition) is 2. The fraction of sp³-hybridized carbons (Fsp3) is 0.533. The van der Waals surface area contributed by atoms with Crippen molar-refractivity contribution in [2.24, 2.45) is 5.92 Å². The van der Waals surface area contributed by atoms with Gasteiger partial charge in [0.15, 0.2) is 0 Å². The van der Waals surface area contributed by atoms with Crippen LogP contribution in [0.2, 0.25) is 5.02 Å². The highest BCUT2D eigenvalue weighted by atomic mass is 35.5. The second-order valence-corrected chi connectivity index (χ2v) is 5.67. The lowest BCUT2D eigenvalue weighted by Crippen LogP contribution is -2.23.